The molecule has 10 heteroatoms. The van der Waals surface area contributed by atoms with E-state index in [2.05, 4.69) is 31.9 Å². The topological polar surface area (TPSA) is 120 Å². The van der Waals surface area contributed by atoms with Crippen LogP contribution < -0.4 is 19.9 Å². The summed E-state index contributed by atoms with van der Waals surface area (Å²) in [6, 6.07) is 7.28. The Bertz CT molecular complexity index is 1290. The predicted octanol–water partition coefficient (Wildman–Crippen LogP) is 4.09. The minimum absolute atomic E-state index is 0.00417. The summed E-state index contributed by atoms with van der Waals surface area (Å²) in [5.74, 6) is -0.317. The van der Waals surface area contributed by atoms with E-state index in [0.29, 0.717) is 32.2 Å². The van der Waals surface area contributed by atoms with Crippen molar-refractivity contribution in [3.05, 3.63) is 52.9 Å². The SMILES string of the molecule is C=NC1=C(/C=N\CNc2ccc(CC(=O)O)cc2)CCN(c2cnc3c(c2C)N(C(=O)C(C)CC)CCO3)C1. The van der Waals surface area contributed by atoms with Gasteiger partial charge in [0.15, 0.2) is 0 Å². The second kappa shape index (κ2) is 12.6. The van der Waals surface area contributed by atoms with Crippen LogP contribution in [0.3, 0.4) is 0 Å². The number of nitrogens with zero attached hydrogens (tertiary/aromatic N) is 5. The van der Waals surface area contributed by atoms with Gasteiger partial charge in [0.05, 0.1) is 37.1 Å². The minimum atomic E-state index is -0.850. The molecule has 2 aliphatic heterocycles. The first-order valence-electron chi connectivity index (χ1n) is 13.2. The first kappa shape index (κ1) is 27.8. The zero-order valence-electron chi connectivity index (χ0n) is 22.8. The summed E-state index contributed by atoms with van der Waals surface area (Å²) in [5.41, 5.74) is 6.18. The third kappa shape index (κ3) is 6.45. The molecule has 2 N–H and O–H groups in total. The van der Waals surface area contributed by atoms with Crippen LogP contribution in [0.15, 0.2) is 51.7 Å². The Labute approximate surface area is 229 Å². The zero-order chi connectivity index (χ0) is 27.9. The monoisotopic (exact) mass is 532 g/mol. The molecule has 0 bridgehead atoms. The van der Waals surface area contributed by atoms with Gasteiger partial charge in [-0.25, -0.2) is 4.98 Å². The number of aromatic nitrogens is 1. The lowest BCUT2D eigenvalue weighted by molar-refractivity contribution is -0.136. The first-order chi connectivity index (χ1) is 18.8. The molecule has 0 spiro atoms. The minimum Gasteiger partial charge on any atom is -0.481 e. The van der Waals surface area contributed by atoms with Crippen molar-refractivity contribution in [3.63, 3.8) is 0 Å². The largest absolute Gasteiger partial charge is 0.481 e. The molecule has 0 saturated heterocycles. The Morgan fingerprint density at radius 3 is 2.74 bits per heavy atom. The Morgan fingerprint density at radius 2 is 2.05 bits per heavy atom. The smallest absolute Gasteiger partial charge is 0.307 e. The molecule has 206 valence electrons. The average Bonchev–Trinajstić information content (AvgIpc) is 2.95. The lowest BCUT2D eigenvalue weighted by atomic mass is 10.0. The van der Waals surface area contributed by atoms with Gasteiger partial charge in [0, 0.05) is 29.9 Å². The number of rotatable bonds is 10. The first-order valence-corrected chi connectivity index (χ1v) is 13.2. The van der Waals surface area contributed by atoms with Crippen LogP contribution in [0.4, 0.5) is 17.1 Å². The van der Waals surface area contributed by atoms with Crippen LogP contribution in [0.25, 0.3) is 0 Å². The van der Waals surface area contributed by atoms with Crippen molar-refractivity contribution in [3.8, 4) is 5.88 Å². The van der Waals surface area contributed by atoms with E-state index in [1.807, 2.05) is 50.2 Å². The highest BCUT2D eigenvalue weighted by atomic mass is 16.5. The molecule has 1 aromatic heterocycles. The average molecular weight is 533 g/mol. The number of carboxylic acids is 1. The van der Waals surface area contributed by atoms with Crippen molar-refractivity contribution < 1.29 is 19.4 Å². The third-order valence-corrected chi connectivity index (χ3v) is 7.19. The molecule has 3 heterocycles. The highest BCUT2D eigenvalue weighted by Gasteiger charge is 2.31. The molecule has 1 amide bonds. The molecule has 1 atom stereocenters. The van der Waals surface area contributed by atoms with Crippen molar-refractivity contribution in [2.45, 2.75) is 40.0 Å². The number of benzene rings is 1. The van der Waals surface area contributed by atoms with Crippen LogP contribution in [0.5, 0.6) is 5.88 Å². The third-order valence-electron chi connectivity index (χ3n) is 7.19. The fraction of sp³-hybridized carbons (Fsp3) is 0.414. The quantitative estimate of drug-likeness (QED) is 0.442. The number of aliphatic carboxylic acids is 1. The normalized spacial score (nSPS) is 16.1. The summed E-state index contributed by atoms with van der Waals surface area (Å²) >= 11 is 0. The Balaban J connectivity index is 1.44. The Morgan fingerprint density at radius 1 is 1.28 bits per heavy atom. The van der Waals surface area contributed by atoms with Crippen LogP contribution >= 0.6 is 0 Å². The number of carbonyl (C=O) groups excluding carboxylic acids is 1. The molecule has 2 aromatic rings. The maximum atomic E-state index is 13.1. The number of carboxylic acid groups (broad SMARTS) is 1. The molecule has 1 aromatic carbocycles. The molecular formula is C29H36N6O4. The van der Waals surface area contributed by atoms with E-state index < -0.39 is 5.97 Å². The summed E-state index contributed by atoms with van der Waals surface area (Å²) in [6.45, 7) is 12.4. The number of pyridine rings is 1. The molecule has 10 nitrogen and oxygen atoms in total. The number of hydrogen-bond acceptors (Lipinski definition) is 8. The molecule has 39 heavy (non-hydrogen) atoms. The molecule has 2 aliphatic rings. The Kier molecular flexibility index (Phi) is 8.96. The van der Waals surface area contributed by atoms with Crippen molar-refractivity contribution in [2.24, 2.45) is 15.9 Å². The summed E-state index contributed by atoms with van der Waals surface area (Å²) in [5, 5.41) is 12.1. The molecule has 0 saturated carbocycles. The van der Waals surface area contributed by atoms with E-state index in [4.69, 9.17) is 9.84 Å². The summed E-state index contributed by atoms with van der Waals surface area (Å²) < 4.78 is 5.80. The molecule has 0 fully saturated rings. The lowest BCUT2D eigenvalue weighted by Gasteiger charge is -2.35. The molecule has 4 rings (SSSR count). The van der Waals surface area contributed by atoms with Gasteiger partial charge in [0.25, 0.3) is 0 Å². The van der Waals surface area contributed by atoms with Crippen LogP contribution in [0.2, 0.25) is 0 Å². The van der Waals surface area contributed by atoms with Crippen LogP contribution in [0, 0.1) is 12.8 Å². The van der Waals surface area contributed by atoms with Crippen LogP contribution in [0.1, 0.15) is 37.8 Å². The number of hydrogen-bond donors (Lipinski definition) is 2. The Hall–Kier alpha value is -4.21. The van der Waals surface area contributed by atoms with Gasteiger partial charge in [0.1, 0.15) is 19.0 Å². The number of ether oxygens (including phenoxy) is 1. The number of anilines is 3. The van der Waals surface area contributed by atoms with E-state index in [-0.39, 0.29) is 18.2 Å². The number of aliphatic imine (C=N–C) groups is 2. The fourth-order valence-electron chi connectivity index (χ4n) is 4.77. The summed E-state index contributed by atoms with van der Waals surface area (Å²) in [7, 11) is 0. The maximum Gasteiger partial charge on any atom is 0.307 e. The predicted molar refractivity (Wildman–Crippen MR) is 154 cm³/mol. The van der Waals surface area contributed by atoms with Gasteiger partial charge in [0.2, 0.25) is 11.8 Å². The van der Waals surface area contributed by atoms with Crippen molar-refractivity contribution in [1.29, 1.82) is 0 Å². The standard InChI is InChI=1S/C29H36N6O4/c1-5-19(2)29(38)35-12-13-39-28-27(35)20(3)25(16-32-28)34-11-10-22(24(17-34)30-4)15-31-18-33-23-8-6-21(7-9-23)14-26(36)37/h6-9,15-16,19,33H,4-5,10-14,17-18H2,1-3H3,(H,36,37)/b31-15-. The fourth-order valence-corrected chi connectivity index (χ4v) is 4.77. The van der Waals surface area contributed by atoms with Gasteiger partial charge in [-0.15, -0.1) is 0 Å². The van der Waals surface area contributed by atoms with Gasteiger partial charge in [-0.3, -0.25) is 19.6 Å². The van der Waals surface area contributed by atoms with Gasteiger partial charge in [-0.1, -0.05) is 26.0 Å². The molecule has 0 radical (unpaired) electrons. The molecule has 1 unspecified atom stereocenters. The van der Waals surface area contributed by atoms with Crippen LogP contribution in [-0.2, 0) is 16.0 Å². The molecular weight excluding hydrogens is 496 g/mol. The van der Waals surface area contributed by atoms with Crippen molar-refractivity contribution in [1.82, 2.24) is 4.98 Å². The van der Waals surface area contributed by atoms with Gasteiger partial charge in [-0.2, -0.15) is 0 Å². The van der Waals surface area contributed by atoms with Gasteiger partial charge < -0.3 is 25.0 Å². The summed E-state index contributed by atoms with van der Waals surface area (Å²) in [6.07, 6.45) is 5.18. The number of carbonyl (C=O) groups is 2. The van der Waals surface area contributed by atoms with Crippen molar-refractivity contribution in [2.75, 3.05) is 48.0 Å². The van der Waals surface area contributed by atoms with E-state index in [1.54, 1.807) is 12.1 Å². The van der Waals surface area contributed by atoms with E-state index >= 15 is 0 Å². The second-order valence-electron chi connectivity index (χ2n) is 9.79. The zero-order valence-corrected chi connectivity index (χ0v) is 22.8. The number of amides is 1. The van der Waals surface area contributed by atoms with Crippen LogP contribution in [-0.4, -0.2) is 67.8 Å². The van der Waals surface area contributed by atoms with Gasteiger partial charge in [-0.05, 0) is 49.8 Å². The lowest BCUT2D eigenvalue weighted by Crippen LogP contribution is -2.42. The molecule has 0 aliphatic carbocycles. The number of nitrogens with one attached hydrogen (secondary N) is 1. The second-order valence-corrected chi connectivity index (χ2v) is 9.79. The van der Waals surface area contributed by atoms with E-state index in [0.717, 1.165) is 58.8 Å². The van der Waals surface area contributed by atoms with Crippen molar-refractivity contribution >= 4 is 41.9 Å². The van der Waals surface area contributed by atoms with E-state index in [1.165, 1.54) is 0 Å². The highest BCUT2D eigenvalue weighted by molar-refractivity contribution is 5.98. The van der Waals surface area contributed by atoms with E-state index in [9.17, 15) is 9.59 Å². The summed E-state index contributed by atoms with van der Waals surface area (Å²) in [4.78, 5) is 41.3. The van der Waals surface area contributed by atoms with Gasteiger partial charge >= 0.3 is 5.97 Å². The number of fused-ring (bicyclic) bond motifs is 1. The maximum absolute atomic E-state index is 13.1. The highest BCUT2D eigenvalue weighted by Crippen LogP contribution is 2.39.